The summed E-state index contributed by atoms with van der Waals surface area (Å²) in [6.07, 6.45) is 4.04. The Balaban J connectivity index is 1.77. The molecule has 0 aliphatic carbocycles. The highest BCUT2D eigenvalue weighted by molar-refractivity contribution is 7.15. The second-order valence-electron chi connectivity index (χ2n) is 5.05. The summed E-state index contributed by atoms with van der Waals surface area (Å²) in [5.74, 6) is 1.15. The van der Waals surface area contributed by atoms with Gasteiger partial charge in [-0.15, -0.1) is 11.3 Å². The third-order valence-corrected chi connectivity index (χ3v) is 5.01. The van der Waals surface area contributed by atoms with Crippen molar-refractivity contribution in [1.82, 2.24) is 10.3 Å². The molecule has 4 heteroatoms. The van der Waals surface area contributed by atoms with Crippen molar-refractivity contribution in [1.29, 1.82) is 0 Å². The van der Waals surface area contributed by atoms with Crippen LogP contribution >= 0.6 is 22.9 Å². The van der Waals surface area contributed by atoms with Gasteiger partial charge in [-0.1, -0.05) is 41.9 Å². The summed E-state index contributed by atoms with van der Waals surface area (Å²) in [5.41, 5.74) is 1.41. The van der Waals surface area contributed by atoms with Crippen molar-refractivity contribution in [2.45, 2.75) is 18.8 Å². The Labute approximate surface area is 122 Å². The summed E-state index contributed by atoms with van der Waals surface area (Å²) in [6, 6.07) is 10.7. The highest BCUT2D eigenvalue weighted by atomic mass is 35.5. The first-order valence-corrected chi connectivity index (χ1v) is 7.88. The van der Waals surface area contributed by atoms with Gasteiger partial charge in [0.05, 0.1) is 11.2 Å². The van der Waals surface area contributed by atoms with Gasteiger partial charge in [-0.25, -0.2) is 4.98 Å². The maximum absolute atomic E-state index is 6.03. The normalized spacial score (nSPS) is 23.4. The van der Waals surface area contributed by atoms with Crippen molar-refractivity contribution in [3.8, 4) is 0 Å². The number of thiazole rings is 1. The molecule has 2 aromatic rings. The number of hydrogen-bond donors (Lipinski definition) is 1. The van der Waals surface area contributed by atoms with Crippen molar-refractivity contribution in [3.05, 3.63) is 51.4 Å². The summed E-state index contributed by atoms with van der Waals surface area (Å²) in [5, 5.41) is 4.71. The number of halogens is 1. The lowest BCUT2D eigenvalue weighted by Gasteiger charge is -2.31. The van der Waals surface area contributed by atoms with E-state index in [1.165, 1.54) is 10.6 Å². The van der Waals surface area contributed by atoms with E-state index in [0.717, 1.165) is 30.3 Å². The number of piperidine rings is 1. The molecule has 3 rings (SSSR count). The van der Waals surface area contributed by atoms with Gasteiger partial charge in [0.25, 0.3) is 0 Å². The van der Waals surface area contributed by atoms with Gasteiger partial charge >= 0.3 is 0 Å². The molecule has 1 N–H and O–H groups in total. The van der Waals surface area contributed by atoms with Gasteiger partial charge in [0, 0.05) is 5.92 Å². The van der Waals surface area contributed by atoms with E-state index in [-0.39, 0.29) is 0 Å². The number of nitrogens with zero attached hydrogens (tertiary/aromatic N) is 1. The molecule has 1 fully saturated rings. The SMILES string of the molecule is Clc1cnc(C2CCNCC2Cc2ccccc2)s1. The van der Waals surface area contributed by atoms with Crippen LogP contribution in [0.15, 0.2) is 36.5 Å². The fraction of sp³-hybridized carbons (Fsp3) is 0.400. The molecule has 2 nitrogen and oxygen atoms in total. The molecule has 19 heavy (non-hydrogen) atoms. The summed E-state index contributed by atoms with van der Waals surface area (Å²) in [7, 11) is 0. The first-order chi connectivity index (χ1) is 9.33. The van der Waals surface area contributed by atoms with E-state index in [2.05, 4.69) is 40.6 Å². The molecule has 0 saturated carbocycles. The molecule has 0 spiro atoms. The zero-order chi connectivity index (χ0) is 13.1. The maximum atomic E-state index is 6.03. The van der Waals surface area contributed by atoms with E-state index in [9.17, 15) is 0 Å². The minimum Gasteiger partial charge on any atom is -0.316 e. The van der Waals surface area contributed by atoms with E-state index in [1.807, 2.05) is 0 Å². The van der Waals surface area contributed by atoms with Gasteiger partial charge in [0.2, 0.25) is 0 Å². The molecule has 0 amide bonds. The molecular weight excluding hydrogens is 276 g/mol. The predicted molar refractivity (Wildman–Crippen MR) is 81.0 cm³/mol. The number of nitrogens with one attached hydrogen (secondary N) is 1. The van der Waals surface area contributed by atoms with Gasteiger partial charge in [-0.3, -0.25) is 0 Å². The van der Waals surface area contributed by atoms with E-state index >= 15 is 0 Å². The van der Waals surface area contributed by atoms with Crippen LogP contribution in [0, 0.1) is 5.92 Å². The van der Waals surface area contributed by atoms with Crippen LogP contribution in [0.3, 0.4) is 0 Å². The predicted octanol–water partition coefficient (Wildman–Crippen LogP) is 3.73. The van der Waals surface area contributed by atoms with Crippen molar-refractivity contribution in [2.75, 3.05) is 13.1 Å². The lowest BCUT2D eigenvalue weighted by Crippen LogP contribution is -2.36. The van der Waals surface area contributed by atoms with E-state index in [4.69, 9.17) is 11.6 Å². The number of aromatic nitrogens is 1. The molecule has 1 aromatic carbocycles. The van der Waals surface area contributed by atoms with Crippen molar-refractivity contribution >= 4 is 22.9 Å². The van der Waals surface area contributed by atoms with Crippen LogP contribution in [0.25, 0.3) is 0 Å². The highest BCUT2D eigenvalue weighted by Gasteiger charge is 2.28. The lowest BCUT2D eigenvalue weighted by atomic mass is 9.82. The summed E-state index contributed by atoms with van der Waals surface area (Å²) in [6.45, 7) is 2.14. The van der Waals surface area contributed by atoms with Gasteiger partial charge in [-0.05, 0) is 37.4 Å². The average molecular weight is 293 g/mol. The molecule has 2 heterocycles. The van der Waals surface area contributed by atoms with Gasteiger partial charge in [0.15, 0.2) is 0 Å². The van der Waals surface area contributed by atoms with Gasteiger partial charge in [-0.2, -0.15) is 0 Å². The molecule has 0 bridgehead atoms. The van der Waals surface area contributed by atoms with Crippen molar-refractivity contribution in [3.63, 3.8) is 0 Å². The minimum atomic E-state index is 0.541. The Morgan fingerprint density at radius 2 is 2.16 bits per heavy atom. The first kappa shape index (κ1) is 13.1. The van der Waals surface area contributed by atoms with Gasteiger partial charge < -0.3 is 5.32 Å². The van der Waals surface area contributed by atoms with Crippen molar-refractivity contribution < 1.29 is 0 Å². The van der Waals surface area contributed by atoms with Crippen LogP contribution in [-0.2, 0) is 6.42 Å². The topological polar surface area (TPSA) is 24.9 Å². The molecule has 1 saturated heterocycles. The smallest absolute Gasteiger partial charge is 0.113 e. The third-order valence-electron chi connectivity index (χ3n) is 3.76. The van der Waals surface area contributed by atoms with Crippen LogP contribution < -0.4 is 5.32 Å². The quantitative estimate of drug-likeness (QED) is 0.932. The molecule has 100 valence electrons. The Hall–Kier alpha value is -0.900. The Kier molecular flexibility index (Phi) is 4.16. The monoisotopic (exact) mass is 292 g/mol. The van der Waals surface area contributed by atoms with Crippen LogP contribution in [-0.4, -0.2) is 18.1 Å². The summed E-state index contributed by atoms with van der Waals surface area (Å²) in [4.78, 5) is 4.49. The van der Waals surface area contributed by atoms with Crippen LogP contribution in [0.4, 0.5) is 0 Å². The number of hydrogen-bond acceptors (Lipinski definition) is 3. The van der Waals surface area contributed by atoms with E-state index in [0.29, 0.717) is 11.8 Å². The molecule has 0 radical (unpaired) electrons. The van der Waals surface area contributed by atoms with Crippen LogP contribution in [0.5, 0.6) is 0 Å². The summed E-state index contributed by atoms with van der Waals surface area (Å²) >= 11 is 7.66. The first-order valence-electron chi connectivity index (χ1n) is 6.69. The molecule has 2 atom stereocenters. The number of rotatable bonds is 3. The van der Waals surface area contributed by atoms with E-state index < -0.39 is 0 Å². The Bertz CT molecular complexity index is 526. The molecule has 2 unspecified atom stereocenters. The number of benzene rings is 1. The summed E-state index contributed by atoms with van der Waals surface area (Å²) < 4.78 is 0.798. The van der Waals surface area contributed by atoms with Crippen molar-refractivity contribution in [2.24, 2.45) is 5.92 Å². The van der Waals surface area contributed by atoms with Crippen LogP contribution in [0.2, 0.25) is 4.34 Å². The standard InChI is InChI=1S/C15H17ClN2S/c16-14-10-18-15(19-14)13-6-7-17-9-12(13)8-11-4-2-1-3-5-11/h1-5,10,12-13,17H,6-9H2. The molecular formula is C15H17ClN2S. The molecule has 1 aliphatic heterocycles. The van der Waals surface area contributed by atoms with Gasteiger partial charge in [0.1, 0.15) is 4.34 Å². The minimum absolute atomic E-state index is 0.541. The zero-order valence-corrected chi connectivity index (χ0v) is 12.3. The Morgan fingerprint density at radius 1 is 1.32 bits per heavy atom. The van der Waals surface area contributed by atoms with Crippen LogP contribution in [0.1, 0.15) is 22.9 Å². The second-order valence-corrected chi connectivity index (χ2v) is 6.75. The maximum Gasteiger partial charge on any atom is 0.113 e. The second kappa shape index (κ2) is 6.04. The molecule has 1 aliphatic rings. The van der Waals surface area contributed by atoms with E-state index in [1.54, 1.807) is 17.5 Å². The third kappa shape index (κ3) is 3.16. The lowest BCUT2D eigenvalue weighted by molar-refractivity contribution is 0.323. The molecule has 1 aromatic heterocycles. The fourth-order valence-electron chi connectivity index (χ4n) is 2.82. The highest BCUT2D eigenvalue weighted by Crippen LogP contribution is 2.35. The Morgan fingerprint density at radius 3 is 2.89 bits per heavy atom. The largest absolute Gasteiger partial charge is 0.316 e. The fourth-order valence-corrected chi connectivity index (χ4v) is 3.98. The average Bonchev–Trinajstić information content (AvgIpc) is 2.87. The zero-order valence-electron chi connectivity index (χ0n) is 10.7.